The Labute approximate surface area is 131 Å². The molecule has 1 aliphatic heterocycles. The van der Waals surface area contributed by atoms with Gasteiger partial charge in [-0.3, -0.25) is 4.90 Å². The van der Waals surface area contributed by atoms with Crippen molar-refractivity contribution in [2.75, 3.05) is 31.1 Å². The Morgan fingerprint density at radius 3 is 2.59 bits per heavy atom. The molecule has 4 heteroatoms. The maximum absolute atomic E-state index is 8.80. The zero-order chi connectivity index (χ0) is 15.4. The number of aryl methyl sites for hydroxylation is 1. The zero-order valence-electron chi connectivity index (χ0n) is 12.9. The van der Waals surface area contributed by atoms with Gasteiger partial charge < -0.3 is 4.90 Å². The maximum Gasteiger partial charge on any atom is 0.140 e. The van der Waals surface area contributed by atoms with Crippen molar-refractivity contribution in [3.8, 4) is 6.07 Å². The Balaban J connectivity index is 1.57. The van der Waals surface area contributed by atoms with Gasteiger partial charge in [0.05, 0.1) is 11.9 Å². The summed E-state index contributed by atoms with van der Waals surface area (Å²) in [5, 5.41) is 8.80. The van der Waals surface area contributed by atoms with E-state index in [1.807, 2.05) is 6.07 Å². The summed E-state index contributed by atoms with van der Waals surface area (Å²) in [5.74, 6) is 0. The van der Waals surface area contributed by atoms with Crippen molar-refractivity contribution in [1.82, 2.24) is 9.88 Å². The molecule has 0 amide bonds. The molecule has 0 bridgehead atoms. The molecule has 112 valence electrons. The highest BCUT2D eigenvalue weighted by atomic mass is 15.3. The highest BCUT2D eigenvalue weighted by Crippen LogP contribution is 2.17. The van der Waals surface area contributed by atoms with Gasteiger partial charge in [-0.15, -0.1) is 0 Å². The van der Waals surface area contributed by atoms with Gasteiger partial charge in [0.2, 0.25) is 0 Å². The summed E-state index contributed by atoms with van der Waals surface area (Å²) in [6.45, 7) is 7.25. The second kappa shape index (κ2) is 6.59. The quantitative estimate of drug-likeness (QED) is 0.872. The Hall–Kier alpha value is -2.38. The number of nitriles is 1. The van der Waals surface area contributed by atoms with Gasteiger partial charge in [0.15, 0.2) is 0 Å². The molecule has 1 fully saturated rings. The predicted molar refractivity (Wildman–Crippen MR) is 87.6 cm³/mol. The highest BCUT2D eigenvalue weighted by Gasteiger charge is 2.17. The maximum atomic E-state index is 8.80. The van der Waals surface area contributed by atoms with Crippen LogP contribution in [-0.2, 0) is 6.54 Å². The van der Waals surface area contributed by atoms with Crippen LogP contribution in [0.4, 0.5) is 5.69 Å². The third kappa shape index (κ3) is 3.44. The number of piperazine rings is 1. The molecule has 4 nitrogen and oxygen atoms in total. The normalized spacial score (nSPS) is 15.5. The molecule has 1 aliphatic rings. The molecule has 0 radical (unpaired) electrons. The minimum atomic E-state index is 0.474. The van der Waals surface area contributed by atoms with Crippen molar-refractivity contribution in [2.24, 2.45) is 0 Å². The highest BCUT2D eigenvalue weighted by molar-refractivity contribution is 5.46. The van der Waals surface area contributed by atoms with Crippen molar-refractivity contribution in [2.45, 2.75) is 13.5 Å². The summed E-state index contributed by atoms with van der Waals surface area (Å²) in [5.41, 5.74) is 4.28. The van der Waals surface area contributed by atoms with E-state index in [-0.39, 0.29) is 0 Å². The average Bonchev–Trinajstić information content (AvgIpc) is 2.56. The Morgan fingerprint density at radius 1 is 1.14 bits per heavy atom. The lowest BCUT2D eigenvalue weighted by Gasteiger charge is -2.36. The van der Waals surface area contributed by atoms with Gasteiger partial charge in [0.1, 0.15) is 11.8 Å². The molecule has 2 heterocycles. The SMILES string of the molecule is Cc1cccc(CN2CCN(c3ccc(C#N)nc3)CC2)c1. The van der Waals surface area contributed by atoms with Crippen LogP contribution in [0, 0.1) is 18.3 Å². The van der Waals surface area contributed by atoms with Gasteiger partial charge >= 0.3 is 0 Å². The third-order valence-corrected chi connectivity index (χ3v) is 4.09. The summed E-state index contributed by atoms with van der Waals surface area (Å²) < 4.78 is 0. The number of aromatic nitrogens is 1. The number of benzene rings is 1. The Bertz CT molecular complexity index is 664. The first-order valence-electron chi connectivity index (χ1n) is 7.63. The number of rotatable bonds is 3. The minimum Gasteiger partial charge on any atom is -0.368 e. The van der Waals surface area contributed by atoms with Crippen molar-refractivity contribution >= 4 is 5.69 Å². The van der Waals surface area contributed by atoms with E-state index in [2.05, 4.69) is 52.0 Å². The van der Waals surface area contributed by atoms with Crippen LogP contribution in [-0.4, -0.2) is 36.1 Å². The fraction of sp³-hybridized carbons (Fsp3) is 0.333. The largest absolute Gasteiger partial charge is 0.368 e. The molecule has 22 heavy (non-hydrogen) atoms. The van der Waals surface area contributed by atoms with Crippen molar-refractivity contribution in [3.63, 3.8) is 0 Å². The van der Waals surface area contributed by atoms with E-state index in [0.717, 1.165) is 38.4 Å². The van der Waals surface area contributed by atoms with E-state index in [0.29, 0.717) is 5.69 Å². The lowest BCUT2D eigenvalue weighted by Crippen LogP contribution is -2.46. The molecular weight excluding hydrogens is 272 g/mol. The summed E-state index contributed by atoms with van der Waals surface area (Å²) in [6, 6.07) is 14.6. The van der Waals surface area contributed by atoms with E-state index < -0.39 is 0 Å². The molecular formula is C18H20N4. The van der Waals surface area contributed by atoms with Crippen LogP contribution in [0.5, 0.6) is 0 Å². The summed E-state index contributed by atoms with van der Waals surface area (Å²) in [4.78, 5) is 8.98. The van der Waals surface area contributed by atoms with Crippen LogP contribution in [0.2, 0.25) is 0 Å². The van der Waals surface area contributed by atoms with E-state index >= 15 is 0 Å². The predicted octanol–water partition coefficient (Wildman–Crippen LogP) is 2.58. The lowest BCUT2D eigenvalue weighted by molar-refractivity contribution is 0.250. The van der Waals surface area contributed by atoms with Crippen LogP contribution in [0.15, 0.2) is 42.6 Å². The van der Waals surface area contributed by atoms with Gasteiger partial charge in [-0.1, -0.05) is 29.8 Å². The number of hydrogen-bond acceptors (Lipinski definition) is 4. The summed E-state index contributed by atoms with van der Waals surface area (Å²) >= 11 is 0. The molecule has 0 N–H and O–H groups in total. The van der Waals surface area contributed by atoms with Gasteiger partial charge in [0, 0.05) is 32.7 Å². The minimum absolute atomic E-state index is 0.474. The third-order valence-electron chi connectivity index (χ3n) is 4.09. The molecule has 1 aromatic heterocycles. The molecule has 3 rings (SSSR count). The first kappa shape index (κ1) is 14.6. The molecule has 0 unspecified atom stereocenters. The van der Waals surface area contributed by atoms with Crippen molar-refractivity contribution in [1.29, 1.82) is 5.26 Å². The average molecular weight is 292 g/mol. The summed E-state index contributed by atoms with van der Waals surface area (Å²) in [6.07, 6.45) is 1.80. The molecule has 0 atom stereocenters. The van der Waals surface area contributed by atoms with Crippen LogP contribution in [0.25, 0.3) is 0 Å². The smallest absolute Gasteiger partial charge is 0.140 e. The Kier molecular flexibility index (Phi) is 4.36. The molecule has 2 aromatic rings. The number of anilines is 1. The van der Waals surface area contributed by atoms with Crippen LogP contribution < -0.4 is 4.90 Å². The van der Waals surface area contributed by atoms with Crippen molar-refractivity contribution < 1.29 is 0 Å². The van der Waals surface area contributed by atoms with E-state index in [1.54, 1.807) is 12.3 Å². The van der Waals surface area contributed by atoms with Crippen molar-refractivity contribution in [3.05, 3.63) is 59.4 Å². The van der Waals surface area contributed by atoms with Crippen LogP contribution >= 0.6 is 0 Å². The van der Waals surface area contributed by atoms with Crippen LogP contribution in [0.3, 0.4) is 0 Å². The number of nitrogens with zero attached hydrogens (tertiary/aromatic N) is 4. The Morgan fingerprint density at radius 2 is 1.95 bits per heavy atom. The van der Waals surface area contributed by atoms with E-state index in [4.69, 9.17) is 5.26 Å². The first-order chi connectivity index (χ1) is 10.7. The summed E-state index contributed by atoms with van der Waals surface area (Å²) in [7, 11) is 0. The van der Waals surface area contributed by atoms with Gasteiger partial charge in [0.25, 0.3) is 0 Å². The monoisotopic (exact) mass is 292 g/mol. The fourth-order valence-electron chi connectivity index (χ4n) is 2.87. The number of pyridine rings is 1. The zero-order valence-corrected chi connectivity index (χ0v) is 12.9. The van der Waals surface area contributed by atoms with Gasteiger partial charge in [-0.2, -0.15) is 5.26 Å². The lowest BCUT2D eigenvalue weighted by atomic mass is 10.1. The molecule has 1 saturated heterocycles. The molecule has 1 aromatic carbocycles. The molecule has 0 aliphatic carbocycles. The van der Waals surface area contributed by atoms with E-state index in [9.17, 15) is 0 Å². The second-order valence-electron chi connectivity index (χ2n) is 5.77. The molecule has 0 saturated carbocycles. The van der Waals surface area contributed by atoms with Gasteiger partial charge in [-0.25, -0.2) is 4.98 Å². The fourth-order valence-corrected chi connectivity index (χ4v) is 2.87. The second-order valence-corrected chi connectivity index (χ2v) is 5.77. The van der Waals surface area contributed by atoms with Crippen LogP contribution in [0.1, 0.15) is 16.8 Å². The first-order valence-corrected chi connectivity index (χ1v) is 7.63. The van der Waals surface area contributed by atoms with Gasteiger partial charge in [-0.05, 0) is 24.6 Å². The molecule has 0 spiro atoms. The number of hydrogen-bond donors (Lipinski definition) is 0. The standard InChI is InChI=1S/C18H20N4/c1-15-3-2-4-16(11-15)14-21-7-9-22(10-8-21)18-6-5-17(12-19)20-13-18/h2-6,11,13H,7-10,14H2,1H3. The van der Waals surface area contributed by atoms with E-state index in [1.165, 1.54) is 11.1 Å². The topological polar surface area (TPSA) is 43.2 Å².